The monoisotopic (exact) mass is 395 g/mol. The predicted octanol–water partition coefficient (Wildman–Crippen LogP) is 3.00. The van der Waals surface area contributed by atoms with E-state index in [4.69, 9.17) is 0 Å². The van der Waals surface area contributed by atoms with E-state index >= 15 is 0 Å². The van der Waals surface area contributed by atoms with Crippen molar-refractivity contribution in [3.63, 3.8) is 0 Å². The van der Waals surface area contributed by atoms with Crippen molar-refractivity contribution in [1.82, 2.24) is 19.8 Å². The molecule has 8 heteroatoms. The van der Waals surface area contributed by atoms with Gasteiger partial charge in [0.05, 0.1) is 24.1 Å². The molecule has 5 rings (SSSR count). The lowest BCUT2D eigenvalue weighted by Crippen LogP contribution is -2.22. The zero-order valence-electron chi connectivity index (χ0n) is 16.2. The van der Waals surface area contributed by atoms with Crippen LogP contribution in [0.5, 0.6) is 0 Å². The molecule has 2 fully saturated rings. The fourth-order valence-corrected chi connectivity index (χ4v) is 4.16. The molecule has 1 saturated heterocycles. The second-order valence-corrected chi connectivity index (χ2v) is 7.94. The van der Waals surface area contributed by atoms with E-state index < -0.39 is 11.8 Å². The molecule has 0 bridgehead atoms. The lowest BCUT2D eigenvalue weighted by Gasteiger charge is -2.20. The van der Waals surface area contributed by atoms with E-state index in [0.717, 1.165) is 48.5 Å². The van der Waals surface area contributed by atoms with E-state index in [9.17, 15) is 9.18 Å². The van der Waals surface area contributed by atoms with Crippen LogP contribution in [-0.4, -0.2) is 46.0 Å². The van der Waals surface area contributed by atoms with Crippen LogP contribution in [0.2, 0.25) is 0 Å². The fourth-order valence-electron chi connectivity index (χ4n) is 4.16. The number of esters is 1. The number of halogens is 1. The maximum Gasteiger partial charge on any atom is 0.340 e. The molecule has 1 unspecified atom stereocenters. The zero-order chi connectivity index (χ0) is 20.0. The molecular weight excluding hydrogens is 373 g/mol. The first kappa shape index (κ1) is 18.0. The van der Waals surface area contributed by atoms with E-state index in [1.807, 2.05) is 0 Å². The quantitative estimate of drug-likeness (QED) is 0.619. The number of methoxy groups -OCH3 is 1. The Labute approximate surface area is 167 Å². The summed E-state index contributed by atoms with van der Waals surface area (Å²) in [6.07, 6.45) is 5.84. The number of ether oxygens (including phenoxy) is 1. The van der Waals surface area contributed by atoms with Crippen LogP contribution in [0.3, 0.4) is 0 Å². The Morgan fingerprint density at radius 1 is 1.28 bits per heavy atom. The molecule has 0 amide bonds. The predicted molar refractivity (Wildman–Crippen MR) is 105 cm³/mol. The maximum atomic E-state index is 13.9. The summed E-state index contributed by atoms with van der Waals surface area (Å²) < 4.78 is 20.4. The number of benzene rings is 1. The van der Waals surface area contributed by atoms with Gasteiger partial charge in [-0.05, 0) is 55.4 Å². The Bertz CT molecular complexity index is 1080. The SMILES string of the molecule is COC(=O)c1cc(CC2CCN(c3cc(C4CC4)nn4cnnc34)C2)ccc1F. The summed E-state index contributed by atoms with van der Waals surface area (Å²) >= 11 is 0. The van der Waals surface area contributed by atoms with Crippen LogP contribution in [0.1, 0.15) is 46.8 Å². The largest absolute Gasteiger partial charge is 0.465 e. The number of aromatic nitrogens is 4. The van der Waals surface area contributed by atoms with Gasteiger partial charge in [0.15, 0.2) is 0 Å². The highest BCUT2D eigenvalue weighted by Crippen LogP contribution is 2.41. The summed E-state index contributed by atoms with van der Waals surface area (Å²) in [5.41, 5.74) is 3.91. The van der Waals surface area contributed by atoms with Crippen LogP contribution in [0.4, 0.5) is 10.1 Å². The molecule has 2 aliphatic rings. The van der Waals surface area contributed by atoms with E-state index in [-0.39, 0.29) is 5.56 Å². The van der Waals surface area contributed by atoms with Crippen molar-refractivity contribution in [2.45, 2.75) is 31.6 Å². The highest BCUT2D eigenvalue weighted by molar-refractivity contribution is 5.89. The molecule has 1 aliphatic heterocycles. The highest BCUT2D eigenvalue weighted by Gasteiger charge is 2.30. The average molecular weight is 395 g/mol. The van der Waals surface area contributed by atoms with E-state index in [1.54, 1.807) is 23.0 Å². The minimum absolute atomic E-state index is 0.00627. The fraction of sp³-hybridized carbons (Fsp3) is 0.429. The summed E-state index contributed by atoms with van der Waals surface area (Å²) in [6, 6.07) is 6.87. The van der Waals surface area contributed by atoms with Crippen molar-refractivity contribution in [3.05, 3.63) is 53.2 Å². The third-order valence-corrected chi connectivity index (χ3v) is 5.85. The lowest BCUT2D eigenvalue weighted by atomic mass is 9.97. The van der Waals surface area contributed by atoms with Crippen molar-refractivity contribution >= 4 is 17.3 Å². The van der Waals surface area contributed by atoms with Crippen molar-refractivity contribution in [1.29, 1.82) is 0 Å². The Morgan fingerprint density at radius 2 is 2.14 bits per heavy atom. The van der Waals surface area contributed by atoms with Crippen LogP contribution in [0, 0.1) is 11.7 Å². The van der Waals surface area contributed by atoms with Crippen LogP contribution in [0.25, 0.3) is 5.65 Å². The molecule has 2 aromatic heterocycles. The second-order valence-electron chi connectivity index (χ2n) is 7.94. The number of hydrogen-bond acceptors (Lipinski definition) is 6. The van der Waals surface area contributed by atoms with E-state index in [2.05, 4.69) is 31.0 Å². The summed E-state index contributed by atoms with van der Waals surface area (Å²) in [6.45, 7) is 1.80. The molecule has 1 atom stereocenters. The van der Waals surface area contributed by atoms with Crippen molar-refractivity contribution in [2.24, 2.45) is 5.92 Å². The molecule has 0 spiro atoms. The highest BCUT2D eigenvalue weighted by atomic mass is 19.1. The minimum Gasteiger partial charge on any atom is -0.465 e. The van der Waals surface area contributed by atoms with Crippen LogP contribution >= 0.6 is 0 Å². The smallest absolute Gasteiger partial charge is 0.340 e. The van der Waals surface area contributed by atoms with Gasteiger partial charge in [0.2, 0.25) is 5.65 Å². The Balaban J connectivity index is 1.35. The normalized spacial score (nSPS) is 19.1. The average Bonchev–Trinajstić information content (AvgIpc) is 3.29. The number of fused-ring (bicyclic) bond motifs is 1. The first-order valence-electron chi connectivity index (χ1n) is 9.95. The molecule has 150 valence electrons. The zero-order valence-corrected chi connectivity index (χ0v) is 16.2. The first-order chi connectivity index (χ1) is 14.1. The number of anilines is 1. The molecule has 7 nitrogen and oxygen atoms in total. The van der Waals surface area contributed by atoms with Gasteiger partial charge in [0, 0.05) is 19.0 Å². The molecule has 1 aliphatic carbocycles. The van der Waals surface area contributed by atoms with Gasteiger partial charge < -0.3 is 9.64 Å². The van der Waals surface area contributed by atoms with Crippen LogP contribution < -0.4 is 4.90 Å². The van der Waals surface area contributed by atoms with Crippen LogP contribution in [0.15, 0.2) is 30.6 Å². The summed E-state index contributed by atoms with van der Waals surface area (Å²) in [4.78, 5) is 14.1. The number of carbonyl (C=O) groups excluding carboxylic acids is 1. The van der Waals surface area contributed by atoms with Gasteiger partial charge in [-0.25, -0.2) is 9.18 Å². The van der Waals surface area contributed by atoms with Gasteiger partial charge in [0.25, 0.3) is 0 Å². The summed E-state index contributed by atoms with van der Waals surface area (Å²) in [5.74, 6) is -0.232. The topological polar surface area (TPSA) is 72.6 Å². The Kier molecular flexibility index (Phi) is 4.41. The van der Waals surface area contributed by atoms with E-state index in [0.29, 0.717) is 11.8 Å². The molecule has 3 heterocycles. The van der Waals surface area contributed by atoms with Crippen molar-refractivity contribution < 1.29 is 13.9 Å². The maximum absolute atomic E-state index is 13.9. The standard InChI is InChI=1S/C21H22FN5O2/c1-29-21(28)16-9-13(2-5-17(16)22)8-14-6-7-26(11-14)19-10-18(15-3-4-15)25-27-12-23-24-20(19)27/h2,5,9-10,12,14-15H,3-4,6-8,11H2,1H3. The number of carbonyl (C=O) groups is 1. The minimum atomic E-state index is -0.643. The van der Waals surface area contributed by atoms with Crippen LogP contribution in [-0.2, 0) is 11.2 Å². The summed E-state index contributed by atoms with van der Waals surface area (Å²) in [5, 5.41) is 12.9. The Hall–Kier alpha value is -3.03. The van der Waals surface area contributed by atoms with Crippen molar-refractivity contribution in [3.8, 4) is 0 Å². The van der Waals surface area contributed by atoms with Gasteiger partial charge in [-0.3, -0.25) is 0 Å². The van der Waals surface area contributed by atoms with Gasteiger partial charge in [-0.1, -0.05) is 6.07 Å². The van der Waals surface area contributed by atoms with Gasteiger partial charge in [-0.2, -0.15) is 9.61 Å². The second kappa shape index (κ2) is 7.09. The molecule has 0 radical (unpaired) electrons. The first-order valence-corrected chi connectivity index (χ1v) is 9.95. The van der Waals surface area contributed by atoms with E-state index in [1.165, 1.54) is 26.0 Å². The lowest BCUT2D eigenvalue weighted by molar-refractivity contribution is 0.0595. The number of hydrogen-bond donors (Lipinski definition) is 0. The molecule has 29 heavy (non-hydrogen) atoms. The number of rotatable bonds is 5. The van der Waals surface area contributed by atoms with Gasteiger partial charge >= 0.3 is 5.97 Å². The van der Waals surface area contributed by atoms with Gasteiger partial charge in [0.1, 0.15) is 12.1 Å². The molecular formula is C21H22FN5O2. The molecule has 1 saturated carbocycles. The number of nitrogens with zero attached hydrogens (tertiary/aromatic N) is 5. The molecule has 0 N–H and O–H groups in total. The third-order valence-electron chi connectivity index (χ3n) is 5.85. The Morgan fingerprint density at radius 3 is 2.93 bits per heavy atom. The van der Waals surface area contributed by atoms with Crippen molar-refractivity contribution in [2.75, 3.05) is 25.1 Å². The molecule has 1 aromatic carbocycles. The third kappa shape index (κ3) is 3.43. The molecule has 3 aromatic rings. The van der Waals surface area contributed by atoms with Gasteiger partial charge in [-0.15, -0.1) is 10.2 Å². The summed E-state index contributed by atoms with van der Waals surface area (Å²) in [7, 11) is 1.26.